The van der Waals surface area contributed by atoms with Crippen molar-refractivity contribution in [3.63, 3.8) is 0 Å². The first kappa shape index (κ1) is 26.0. The van der Waals surface area contributed by atoms with Crippen LogP contribution in [0.5, 0.6) is 5.75 Å². The van der Waals surface area contributed by atoms with Gasteiger partial charge in [0.2, 0.25) is 0 Å². The van der Waals surface area contributed by atoms with Crippen LogP contribution in [0.3, 0.4) is 0 Å². The number of nitrogens with one attached hydrogen (secondary N) is 1. The smallest absolute Gasteiger partial charge is 0.194 e. The van der Waals surface area contributed by atoms with E-state index in [4.69, 9.17) is 19.2 Å². The Balaban J connectivity index is 0.00000420. The van der Waals surface area contributed by atoms with Crippen molar-refractivity contribution in [1.29, 1.82) is 0 Å². The molecular weight excluding hydrogens is 481 g/mol. The molecule has 0 bridgehead atoms. The zero-order valence-electron chi connectivity index (χ0n) is 18.4. The van der Waals surface area contributed by atoms with Crippen molar-refractivity contribution in [2.75, 3.05) is 53.2 Å². The summed E-state index contributed by atoms with van der Waals surface area (Å²) >= 11 is 0. The number of hydrogen-bond acceptors (Lipinski definition) is 4. The second-order valence-electron chi connectivity index (χ2n) is 7.69. The SMILES string of the molecule is CCNC(=NCc1cccc(OCC(C)C)c1)N1CCC(COCCOC)C1.I. The van der Waals surface area contributed by atoms with Crippen molar-refractivity contribution in [3.8, 4) is 5.75 Å². The van der Waals surface area contributed by atoms with Gasteiger partial charge in [0.1, 0.15) is 5.75 Å². The molecule has 0 saturated carbocycles. The first-order valence-electron chi connectivity index (χ1n) is 10.4. The van der Waals surface area contributed by atoms with Crippen molar-refractivity contribution < 1.29 is 14.2 Å². The quantitative estimate of drug-likeness (QED) is 0.209. The molecule has 1 fully saturated rings. The Morgan fingerprint density at radius 1 is 1.31 bits per heavy atom. The standard InChI is InChI=1S/C22H37N3O3.HI/c1-5-23-22(25-10-9-20(15-25)17-27-12-11-26-4)24-14-19-7-6-8-21(13-19)28-16-18(2)3;/h6-8,13,18,20H,5,9-12,14-17H2,1-4H3,(H,23,24);1H. The van der Waals surface area contributed by atoms with Crippen LogP contribution in [0, 0.1) is 11.8 Å². The normalized spacial score (nSPS) is 16.8. The van der Waals surface area contributed by atoms with E-state index in [0.29, 0.717) is 31.6 Å². The highest BCUT2D eigenvalue weighted by molar-refractivity contribution is 14.0. The third-order valence-electron chi connectivity index (χ3n) is 4.60. The maximum Gasteiger partial charge on any atom is 0.194 e. The highest BCUT2D eigenvalue weighted by Crippen LogP contribution is 2.18. The van der Waals surface area contributed by atoms with E-state index in [1.54, 1.807) is 7.11 Å². The number of benzene rings is 1. The fourth-order valence-corrected chi connectivity index (χ4v) is 3.14. The summed E-state index contributed by atoms with van der Waals surface area (Å²) in [5.41, 5.74) is 1.16. The van der Waals surface area contributed by atoms with E-state index >= 15 is 0 Å². The highest BCUT2D eigenvalue weighted by Gasteiger charge is 2.24. The molecule has 0 aromatic heterocycles. The molecule has 1 aliphatic heterocycles. The number of likely N-dealkylation sites (tertiary alicyclic amines) is 1. The lowest BCUT2D eigenvalue weighted by Crippen LogP contribution is -2.40. The van der Waals surface area contributed by atoms with Crippen LogP contribution in [0.25, 0.3) is 0 Å². The predicted octanol–water partition coefficient (Wildman–Crippen LogP) is 3.79. The molecule has 166 valence electrons. The molecule has 1 heterocycles. The third kappa shape index (κ3) is 10.00. The Kier molecular flexibility index (Phi) is 13.3. The summed E-state index contributed by atoms with van der Waals surface area (Å²) in [7, 11) is 1.70. The average molecular weight is 519 g/mol. The zero-order chi connectivity index (χ0) is 20.2. The Labute approximate surface area is 193 Å². The third-order valence-corrected chi connectivity index (χ3v) is 4.60. The minimum Gasteiger partial charge on any atom is -0.493 e. The van der Waals surface area contributed by atoms with Crippen molar-refractivity contribution in [3.05, 3.63) is 29.8 Å². The molecule has 29 heavy (non-hydrogen) atoms. The maximum atomic E-state index is 5.83. The van der Waals surface area contributed by atoms with Crippen molar-refractivity contribution in [2.24, 2.45) is 16.8 Å². The maximum absolute atomic E-state index is 5.83. The van der Waals surface area contributed by atoms with Crippen LogP contribution in [0.4, 0.5) is 0 Å². The number of nitrogens with zero attached hydrogens (tertiary/aromatic N) is 2. The Morgan fingerprint density at radius 2 is 2.14 bits per heavy atom. The molecule has 1 atom stereocenters. The molecule has 1 aromatic rings. The lowest BCUT2D eigenvalue weighted by Gasteiger charge is -2.21. The van der Waals surface area contributed by atoms with Crippen LogP contribution >= 0.6 is 24.0 Å². The van der Waals surface area contributed by atoms with Crippen LogP contribution in [-0.2, 0) is 16.0 Å². The Hall–Kier alpha value is -1.06. The van der Waals surface area contributed by atoms with Gasteiger partial charge >= 0.3 is 0 Å². The van der Waals surface area contributed by atoms with Crippen LogP contribution in [0.15, 0.2) is 29.3 Å². The molecule has 1 unspecified atom stereocenters. The minimum atomic E-state index is 0. The van der Waals surface area contributed by atoms with Crippen LogP contribution in [-0.4, -0.2) is 64.0 Å². The van der Waals surface area contributed by atoms with E-state index in [1.165, 1.54) is 0 Å². The van der Waals surface area contributed by atoms with E-state index in [2.05, 4.69) is 43.1 Å². The zero-order valence-corrected chi connectivity index (χ0v) is 20.7. The second-order valence-corrected chi connectivity index (χ2v) is 7.69. The van der Waals surface area contributed by atoms with Crippen LogP contribution in [0.1, 0.15) is 32.8 Å². The molecule has 7 heteroatoms. The molecule has 0 aliphatic carbocycles. The van der Waals surface area contributed by atoms with E-state index in [9.17, 15) is 0 Å². The second kappa shape index (κ2) is 14.8. The van der Waals surface area contributed by atoms with E-state index in [0.717, 1.165) is 56.5 Å². The summed E-state index contributed by atoms with van der Waals surface area (Å²) in [5.74, 6) is 2.97. The van der Waals surface area contributed by atoms with E-state index in [-0.39, 0.29) is 24.0 Å². The molecule has 1 aromatic carbocycles. The lowest BCUT2D eigenvalue weighted by molar-refractivity contribution is 0.0536. The van der Waals surface area contributed by atoms with Crippen molar-refractivity contribution >= 4 is 29.9 Å². The van der Waals surface area contributed by atoms with Gasteiger partial charge in [-0.15, -0.1) is 24.0 Å². The first-order valence-corrected chi connectivity index (χ1v) is 10.4. The van der Waals surface area contributed by atoms with Gasteiger partial charge in [0, 0.05) is 32.7 Å². The molecule has 1 aliphatic rings. The van der Waals surface area contributed by atoms with Gasteiger partial charge in [-0.2, -0.15) is 0 Å². The monoisotopic (exact) mass is 519 g/mol. The van der Waals surface area contributed by atoms with Gasteiger partial charge in [0.05, 0.1) is 33.0 Å². The molecular formula is C22H38IN3O3. The van der Waals surface area contributed by atoms with Gasteiger partial charge in [0.15, 0.2) is 5.96 Å². The van der Waals surface area contributed by atoms with Gasteiger partial charge in [0.25, 0.3) is 0 Å². The molecule has 6 nitrogen and oxygen atoms in total. The molecule has 0 spiro atoms. The van der Waals surface area contributed by atoms with Crippen LogP contribution < -0.4 is 10.1 Å². The Morgan fingerprint density at radius 3 is 2.86 bits per heavy atom. The predicted molar refractivity (Wildman–Crippen MR) is 129 cm³/mol. The van der Waals surface area contributed by atoms with Crippen molar-refractivity contribution in [2.45, 2.75) is 33.7 Å². The van der Waals surface area contributed by atoms with Crippen molar-refractivity contribution in [1.82, 2.24) is 10.2 Å². The minimum absolute atomic E-state index is 0. The Bertz CT molecular complexity index is 598. The summed E-state index contributed by atoms with van der Waals surface area (Å²) in [5, 5.41) is 3.43. The van der Waals surface area contributed by atoms with Gasteiger partial charge < -0.3 is 24.4 Å². The number of aliphatic imine (C=N–C) groups is 1. The summed E-state index contributed by atoms with van der Waals surface area (Å²) < 4.78 is 16.6. The summed E-state index contributed by atoms with van der Waals surface area (Å²) in [6.45, 7) is 12.8. The average Bonchev–Trinajstić information content (AvgIpc) is 3.16. The summed E-state index contributed by atoms with van der Waals surface area (Å²) in [6, 6.07) is 8.24. The molecule has 2 rings (SSSR count). The number of methoxy groups -OCH3 is 1. The summed E-state index contributed by atoms with van der Waals surface area (Å²) in [6.07, 6.45) is 1.13. The van der Waals surface area contributed by atoms with Gasteiger partial charge in [-0.25, -0.2) is 4.99 Å². The van der Waals surface area contributed by atoms with Gasteiger partial charge in [-0.3, -0.25) is 0 Å². The molecule has 0 radical (unpaired) electrons. The molecule has 1 N–H and O–H groups in total. The summed E-state index contributed by atoms with van der Waals surface area (Å²) in [4.78, 5) is 7.20. The van der Waals surface area contributed by atoms with Crippen LogP contribution in [0.2, 0.25) is 0 Å². The fraction of sp³-hybridized carbons (Fsp3) is 0.682. The van der Waals surface area contributed by atoms with Gasteiger partial charge in [-0.05, 0) is 37.0 Å². The largest absolute Gasteiger partial charge is 0.493 e. The molecule has 1 saturated heterocycles. The van der Waals surface area contributed by atoms with E-state index < -0.39 is 0 Å². The number of halogens is 1. The van der Waals surface area contributed by atoms with E-state index in [1.807, 2.05) is 12.1 Å². The van der Waals surface area contributed by atoms with Gasteiger partial charge in [-0.1, -0.05) is 26.0 Å². The number of hydrogen-bond donors (Lipinski definition) is 1. The number of guanidine groups is 1. The number of ether oxygens (including phenoxy) is 3. The first-order chi connectivity index (χ1) is 13.6. The number of rotatable bonds is 11. The topological polar surface area (TPSA) is 55.3 Å². The molecule has 0 amide bonds. The highest BCUT2D eigenvalue weighted by atomic mass is 127. The lowest BCUT2D eigenvalue weighted by atomic mass is 10.1. The fourth-order valence-electron chi connectivity index (χ4n) is 3.14.